The molecule has 0 aliphatic heterocycles. The van der Waals surface area contributed by atoms with Crippen molar-refractivity contribution in [3.8, 4) is 11.1 Å². The normalized spacial score (nSPS) is 9.71. The smallest absolute Gasteiger partial charge is 0.253 e. The van der Waals surface area contributed by atoms with E-state index in [1.54, 1.807) is 30.9 Å². The molecule has 0 saturated carbocycles. The number of aromatic nitrogens is 2. The summed E-state index contributed by atoms with van der Waals surface area (Å²) in [4.78, 5) is 18.2. The maximum Gasteiger partial charge on any atom is 0.253 e. The van der Waals surface area contributed by atoms with Crippen LogP contribution in [0.25, 0.3) is 11.1 Å². The largest absolute Gasteiger partial charge is 0.283 e. The lowest BCUT2D eigenvalue weighted by molar-refractivity contribution is 0.561. The number of nitrogens with zero attached hydrogens (tertiary/aromatic N) is 2. The van der Waals surface area contributed by atoms with E-state index in [9.17, 15) is 4.79 Å². The molecule has 3 nitrogen and oxygen atoms in total. The van der Waals surface area contributed by atoms with Gasteiger partial charge in [0, 0.05) is 18.6 Å². The Morgan fingerprint density at radius 2 is 1.71 bits per heavy atom. The number of rotatable bonds is 2. The van der Waals surface area contributed by atoms with Crippen molar-refractivity contribution in [1.82, 2.24) is 9.97 Å². The SMILES string of the molecule is O=[C]c1cc(-c2ccncc2)ccn1. The molecule has 0 saturated heterocycles. The van der Waals surface area contributed by atoms with Gasteiger partial charge >= 0.3 is 0 Å². The number of hydrogen-bond acceptors (Lipinski definition) is 3. The van der Waals surface area contributed by atoms with Crippen LogP contribution >= 0.6 is 0 Å². The zero-order valence-corrected chi connectivity index (χ0v) is 7.34. The molecule has 0 fully saturated rings. The van der Waals surface area contributed by atoms with Gasteiger partial charge < -0.3 is 0 Å². The third kappa shape index (κ3) is 1.66. The highest BCUT2D eigenvalue weighted by Gasteiger charge is 1.98. The molecule has 2 aromatic rings. The van der Waals surface area contributed by atoms with E-state index in [-0.39, 0.29) is 0 Å². The Morgan fingerprint density at radius 3 is 2.43 bits per heavy atom. The van der Waals surface area contributed by atoms with Gasteiger partial charge in [0.15, 0.2) is 0 Å². The summed E-state index contributed by atoms with van der Waals surface area (Å²) in [6.45, 7) is 0. The van der Waals surface area contributed by atoms with Gasteiger partial charge in [0.2, 0.25) is 0 Å². The van der Waals surface area contributed by atoms with Gasteiger partial charge in [0.05, 0.1) is 0 Å². The predicted octanol–water partition coefficient (Wildman–Crippen LogP) is 1.60. The Morgan fingerprint density at radius 1 is 1.00 bits per heavy atom. The first-order valence-corrected chi connectivity index (χ1v) is 4.15. The van der Waals surface area contributed by atoms with Crippen LogP contribution in [0.1, 0.15) is 5.69 Å². The molecule has 2 heterocycles. The van der Waals surface area contributed by atoms with Crippen LogP contribution in [-0.2, 0) is 4.79 Å². The molecule has 14 heavy (non-hydrogen) atoms. The van der Waals surface area contributed by atoms with Crippen LogP contribution in [0.3, 0.4) is 0 Å². The lowest BCUT2D eigenvalue weighted by atomic mass is 10.1. The summed E-state index contributed by atoms with van der Waals surface area (Å²) in [6.07, 6.45) is 6.77. The summed E-state index contributed by atoms with van der Waals surface area (Å²) < 4.78 is 0. The average molecular weight is 183 g/mol. The van der Waals surface area contributed by atoms with Crippen LogP contribution in [0.15, 0.2) is 42.9 Å². The molecule has 0 aromatic carbocycles. The van der Waals surface area contributed by atoms with E-state index in [0.29, 0.717) is 5.69 Å². The van der Waals surface area contributed by atoms with E-state index in [4.69, 9.17) is 0 Å². The Labute approximate surface area is 81.5 Å². The van der Waals surface area contributed by atoms with Crippen LogP contribution in [0.5, 0.6) is 0 Å². The lowest BCUT2D eigenvalue weighted by Crippen LogP contribution is -1.87. The first-order chi connectivity index (χ1) is 6.90. The summed E-state index contributed by atoms with van der Waals surface area (Å²) in [7, 11) is 0. The maximum atomic E-state index is 10.4. The molecule has 0 unspecified atom stereocenters. The van der Waals surface area contributed by atoms with Crippen molar-refractivity contribution in [2.75, 3.05) is 0 Å². The Kier molecular flexibility index (Phi) is 2.32. The van der Waals surface area contributed by atoms with Crippen molar-refractivity contribution in [2.24, 2.45) is 0 Å². The predicted molar refractivity (Wildman–Crippen MR) is 52.3 cm³/mol. The molecular formula is C11H7N2O. The molecule has 0 aliphatic carbocycles. The van der Waals surface area contributed by atoms with Crippen LogP contribution in [-0.4, -0.2) is 16.3 Å². The molecule has 0 spiro atoms. The fourth-order valence-electron chi connectivity index (χ4n) is 1.21. The van der Waals surface area contributed by atoms with E-state index in [2.05, 4.69) is 9.97 Å². The molecule has 0 aliphatic rings. The summed E-state index contributed by atoms with van der Waals surface area (Å²) in [5.74, 6) is 0. The van der Waals surface area contributed by atoms with E-state index in [1.165, 1.54) is 0 Å². The molecule has 2 rings (SSSR count). The third-order valence-corrected chi connectivity index (χ3v) is 1.88. The second-order valence-corrected chi connectivity index (χ2v) is 2.77. The van der Waals surface area contributed by atoms with Crippen molar-refractivity contribution >= 4 is 6.29 Å². The molecule has 2 aromatic heterocycles. The lowest BCUT2D eigenvalue weighted by Gasteiger charge is -1.99. The van der Waals surface area contributed by atoms with Gasteiger partial charge in [-0.2, -0.15) is 0 Å². The average Bonchev–Trinajstić information content (AvgIpc) is 2.30. The topological polar surface area (TPSA) is 42.9 Å². The van der Waals surface area contributed by atoms with Gasteiger partial charge in [-0.15, -0.1) is 0 Å². The van der Waals surface area contributed by atoms with Gasteiger partial charge in [0.25, 0.3) is 6.29 Å². The van der Waals surface area contributed by atoms with E-state index in [1.807, 2.05) is 18.2 Å². The maximum absolute atomic E-state index is 10.4. The van der Waals surface area contributed by atoms with E-state index in [0.717, 1.165) is 11.1 Å². The van der Waals surface area contributed by atoms with Gasteiger partial charge in [-0.05, 0) is 35.4 Å². The fourth-order valence-corrected chi connectivity index (χ4v) is 1.21. The second-order valence-electron chi connectivity index (χ2n) is 2.77. The summed E-state index contributed by atoms with van der Waals surface area (Å²) in [5, 5.41) is 0. The van der Waals surface area contributed by atoms with Crippen LogP contribution in [0, 0.1) is 0 Å². The third-order valence-electron chi connectivity index (χ3n) is 1.88. The van der Waals surface area contributed by atoms with Gasteiger partial charge in [-0.1, -0.05) is 0 Å². The van der Waals surface area contributed by atoms with Crippen molar-refractivity contribution in [3.05, 3.63) is 48.5 Å². The van der Waals surface area contributed by atoms with E-state index >= 15 is 0 Å². The highest BCUT2D eigenvalue weighted by atomic mass is 16.1. The molecule has 1 radical (unpaired) electrons. The summed E-state index contributed by atoms with van der Waals surface area (Å²) >= 11 is 0. The van der Waals surface area contributed by atoms with Crippen LogP contribution in [0.2, 0.25) is 0 Å². The highest BCUT2D eigenvalue weighted by molar-refractivity contribution is 5.76. The number of carbonyl (C=O) groups excluding carboxylic acids is 1. The summed E-state index contributed by atoms with van der Waals surface area (Å²) in [6, 6.07) is 7.30. The quantitative estimate of drug-likeness (QED) is 0.710. The molecule has 0 N–H and O–H groups in total. The monoisotopic (exact) mass is 183 g/mol. The minimum atomic E-state index is 0.319. The highest BCUT2D eigenvalue weighted by Crippen LogP contribution is 2.17. The fraction of sp³-hybridized carbons (Fsp3) is 0. The molecule has 67 valence electrons. The first kappa shape index (κ1) is 8.56. The molecule has 0 amide bonds. The van der Waals surface area contributed by atoms with Crippen molar-refractivity contribution in [2.45, 2.75) is 0 Å². The zero-order chi connectivity index (χ0) is 9.80. The van der Waals surface area contributed by atoms with Crippen molar-refractivity contribution in [3.63, 3.8) is 0 Å². The first-order valence-electron chi connectivity index (χ1n) is 4.15. The van der Waals surface area contributed by atoms with Gasteiger partial charge in [-0.3, -0.25) is 14.8 Å². The van der Waals surface area contributed by atoms with Crippen molar-refractivity contribution in [1.29, 1.82) is 0 Å². The molecule has 0 bridgehead atoms. The zero-order valence-electron chi connectivity index (χ0n) is 7.34. The standard InChI is InChI=1S/C11H7N2O/c14-8-11-7-10(3-6-13-11)9-1-4-12-5-2-9/h1-7H. The van der Waals surface area contributed by atoms with Gasteiger partial charge in [-0.25, -0.2) is 0 Å². The second kappa shape index (κ2) is 3.79. The van der Waals surface area contributed by atoms with E-state index < -0.39 is 0 Å². The summed E-state index contributed by atoms with van der Waals surface area (Å²) in [5.41, 5.74) is 2.28. The molecule has 3 heteroatoms. The molecule has 0 atom stereocenters. The Hall–Kier alpha value is -2.03. The number of pyridine rings is 2. The van der Waals surface area contributed by atoms with Crippen molar-refractivity contribution < 1.29 is 4.79 Å². The Balaban J connectivity index is 2.47. The Bertz CT molecular complexity index is 440. The van der Waals surface area contributed by atoms with Crippen LogP contribution in [0.4, 0.5) is 0 Å². The minimum Gasteiger partial charge on any atom is -0.283 e. The number of hydrogen-bond donors (Lipinski definition) is 0. The molecular weight excluding hydrogens is 176 g/mol. The van der Waals surface area contributed by atoms with Crippen LogP contribution < -0.4 is 0 Å². The minimum absolute atomic E-state index is 0.319. The van der Waals surface area contributed by atoms with Gasteiger partial charge in [0.1, 0.15) is 5.69 Å².